The standard InChI is InChI=1S/C13H18N2O2/c1-2-6-17-11-7-10(8-14-9-11)13(16)12-4-3-5-15-12/h7-9,12,15H,2-6H2,1H3. The lowest BCUT2D eigenvalue weighted by molar-refractivity contribution is 0.0951. The lowest BCUT2D eigenvalue weighted by atomic mass is 10.0. The zero-order valence-corrected chi connectivity index (χ0v) is 10.1. The molecule has 1 aromatic rings. The van der Waals surface area contributed by atoms with Gasteiger partial charge in [0.2, 0.25) is 0 Å². The van der Waals surface area contributed by atoms with Gasteiger partial charge < -0.3 is 10.1 Å². The molecule has 17 heavy (non-hydrogen) atoms. The van der Waals surface area contributed by atoms with Crippen LogP contribution in [0.25, 0.3) is 0 Å². The van der Waals surface area contributed by atoms with E-state index in [9.17, 15) is 4.79 Å². The van der Waals surface area contributed by atoms with E-state index in [4.69, 9.17) is 4.74 Å². The van der Waals surface area contributed by atoms with Gasteiger partial charge in [-0.15, -0.1) is 0 Å². The van der Waals surface area contributed by atoms with Crippen molar-refractivity contribution in [3.05, 3.63) is 24.0 Å². The number of rotatable bonds is 5. The van der Waals surface area contributed by atoms with Gasteiger partial charge in [-0.1, -0.05) is 6.92 Å². The van der Waals surface area contributed by atoms with Crippen molar-refractivity contribution >= 4 is 5.78 Å². The Labute approximate surface area is 101 Å². The average Bonchev–Trinajstić information content (AvgIpc) is 2.89. The van der Waals surface area contributed by atoms with E-state index in [2.05, 4.69) is 10.3 Å². The Bertz CT molecular complexity index is 387. The van der Waals surface area contributed by atoms with Gasteiger partial charge >= 0.3 is 0 Å². The maximum Gasteiger partial charge on any atom is 0.181 e. The monoisotopic (exact) mass is 234 g/mol. The Morgan fingerprint density at radius 3 is 3.18 bits per heavy atom. The largest absolute Gasteiger partial charge is 0.492 e. The molecule has 1 aliphatic heterocycles. The van der Waals surface area contributed by atoms with Crippen LogP contribution in [-0.4, -0.2) is 30.0 Å². The smallest absolute Gasteiger partial charge is 0.181 e. The predicted molar refractivity (Wildman–Crippen MR) is 65.4 cm³/mol. The molecule has 1 fully saturated rings. The molecule has 0 saturated carbocycles. The molecule has 2 rings (SSSR count). The third-order valence-corrected chi connectivity index (χ3v) is 2.85. The SMILES string of the molecule is CCCOc1cncc(C(=O)C2CCCN2)c1. The highest BCUT2D eigenvalue weighted by atomic mass is 16.5. The first-order chi connectivity index (χ1) is 8.31. The third kappa shape index (κ3) is 3.03. The molecular formula is C13H18N2O2. The Balaban J connectivity index is 2.06. The third-order valence-electron chi connectivity index (χ3n) is 2.85. The van der Waals surface area contributed by atoms with Gasteiger partial charge in [0, 0.05) is 11.8 Å². The number of carbonyl (C=O) groups is 1. The van der Waals surface area contributed by atoms with Crippen LogP contribution in [0.2, 0.25) is 0 Å². The summed E-state index contributed by atoms with van der Waals surface area (Å²) < 4.78 is 5.47. The number of ether oxygens (including phenoxy) is 1. The minimum Gasteiger partial charge on any atom is -0.492 e. The van der Waals surface area contributed by atoms with Crippen LogP contribution in [0.1, 0.15) is 36.5 Å². The Kier molecular flexibility index (Phi) is 4.09. The fraction of sp³-hybridized carbons (Fsp3) is 0.538. The zero-order chi connectivity index (χ0) is 12.1. The van der Waals surface area contributed by atoms with Gasteiger partial charge in [0.1, 0.15) is 5.75 Å². The number of aromatic nitrogens is 1. The van der Waals surface area contributed by atoms with Crippen molar-refractivity contribution in [2.24, 2.45) is 0 Å². The van der Waals surface area contributed by atoms with Crippen LogP contribution in [0.4, 0.5) is 0 Å². The van der Waals surface area contributed by atoms with E-state index in [0.717, 1.165) is 25.8 Å². The normalized spacial score (nSPS) is 19.2. The van der Waals surface area contributed by atoms with Crippen molar-refractivity contribution in [2.75, 3.05) is 13.2 Å². The molecule has 4 heteroatoms. The maximum atomic E-state index is 12.1. The quantitative estimate of drug-likeness (QED) is 0.789. The number of carbonyl (C=O) groups excluding carboxylic acids is 1. The molecule has 1 aliphatic rings. The molecule has 0 radical (unpaired) electrons. The summed E-state index contributed by atoms with van der Waals surface area (Å²) in [5.41, 5.74) is 0.637. The molecule has 1 atom stereocenters. The summed E-state index contributed by atoms with van der Waals surface area (Å²) in [5.74, 6) is 0.799. The highest BCUT2D eigenvalue weighted by molar-refractivity contribution is 6.00. The predicted octanol–water partition coefficient (Wildman–Crippen LogP) is 1.81. The maximum absolute atomic E-state index is 12.1. The van der Waals surface area contributed by atoms with Crippen molar-refractivity contribution in [2.45, 2.75) is 32.2 Å². The molecule has 0 bridgehead atoms. The first kappa shape index (κ1) is 12.0. The van der Waals surface area contributed by atoms with E-state index in [1.807, 2.05) is 6.92 Å². The van der Waals surface area contributed by atoms with Crippen molar-refractivity contribution in [1.29, 1.82) is 0 Å². The fourth-order valence-electron chi connectivity index (χ4n) is 1.96. The highest BCUT2D eigenvalue weighted by Gasteiger charge is 2.23. The molecule has 1 unspecified atom stereocenters. The summed E-state index contributed by atoms with van der Waals surface area (Å²) in [5, 5.41) is 3.20. The van der Waals surface area contributed by atoms with Crippen LogP contribution in [-0.2, 0) is 0 Å². The summed E-state index contributed by atoms with van der Waals surface area (Å²) in [7, 11) is 0. The lowest BCUT2D eigenvalue weighted by Crippen LogP contribution is -2.30. The van der Waals surface area contributed by atoms with Crippen molar-refractivity contribution in [1.82, 2.24) is 10.3 Å². The second-order valence-electron chi connectivity index (χ2n) is 4.27. The van der Waals surface area contributed by atoms with E-state index in [1.54, 1.807) is 18.5 Å². The highest BCUT2D eigenvalue weighted by Crippen LogP contribution is 2.16. The van der Waals surface area contributed by atoms with Gasteiger partial charge in [-0.05, 0) is 31.9 Å². The van der Waals surface area contributed by atoms with E-state index in [-0.39, 0.29) is 11.8 Å². The summed E-state index contributed by atoms with van der Waals surface area (Å²) in [6.45, 7) is 3.63. The summed E-state index contributed by atoms with van der Waals surface area (Å²) >= 11 is 0. The number of pyridine rings is 1. The summed E-state index contributed by atoms with van der Waals surface area (Å²) in [6, 6.07) is 1.74. The zero-order valence-electron chi connectivity index (χ0n) is 10.1. The summed E-state index contributed by atoms with van der Waals surface area (Å²) in [6.07, 6.45) is 6.19. The molecule has 0 amide bonds. The molecule has 0 aliphatic carbocycles. The number of ketones is 1. The van der Waals surface area contributed by atoms with Crippen molar-refractivity contribution in [3.63, 3.8) is 0 Å². The number of hydrogen-bond donors (Lipinski definition) is 1. The molecule has 92 valence electrons. The van der Waals surface area contributed by atoms with Gasteiger partial charge in [-0.25, -0.2) is 0 Å². The van der Waals surface area contributed by atoms with Crippen LogP contribution in [0, 0.1) is 0 Å². The first-order valence-electron chi connectivity index (χ1n) is 6.16. The van der Waals surface area contributed by atoms with E-state index in [0.29, 0.717) is 17.9 Å². The molecular weight excluding hydrogens is 216 g/mol. The molecule has 0 spiro atoms. The van der Waals surface area contributed by atoms with Crippen LogP contribution in [0.3, 0.4) is 0 Å². The van der Waals surface area contributed by atoms with Gasteiger partial charge in [-0.2, -0.15) is 0 Å². The molecule has 1 saturated heterocycles. The van der Waals surface area contributed by atoms with Crippen LogP contribution in [0.15, 0.2) is 18.5 Å². The molecule has 1 N–H and O–H groups in total. The first-order valence-corrected chi connectivity index (χ1v) is 6.16. The van der Waals surface area contributed by atoms with Crippen molar-refractivity contribution in [3.8, 4) is 5.75 Å². The van der Waals surface area contributed by atoms with E-state index in [1.165, 1.54) is 0 Å². The lowest BCUT2D eigenvalue weighted by Gasteiger charge is -2.10. The number of hydrogen-bond acceptors (Lipinski definition) is 4. The van der Waals surface area contributed by atoms with E-state index < -0.39 is 0 Å². The molecule has 1 aromatic heterocycles. The van der Waals surface area contributed by atoms with Gasteiger partial charge in [0.05, 0.1) is 18.8 Å². The molecule has 0 aromatic carbocycles. The Hall–Kier alpha value is -1.42. The number of nitrogens with zero attached hydrogens (tertiary/aromatic N) is 1. The second-order valence-corrected chi connectivity index (χ2v) is 4.27. The van der Waals surface area contributed by atoms with Crippen LogP contribution in [0.5, 0.6) is 5.75 Å². The topological polar surface area (TPSA) is 51.2 Å². The average molecular weight is 234 g/mol. The second kappa shape index (κ2) is 5.77. The molecule has 4 nitrogen and oxygen atoms in total. The Morgan fingerprint density at radius 2 is 2.47 bits per heavy atom. The van der Waals surface area contributed by atoms with Crippen LogP contribution < -0.4 is 10.1 Å². The summed E-state index contributed by atoms with van der Waals surface area (Å²) in [4.78, 5) is 16.2. The van der Waals surface area contributed by atoms with Gasteiger partial charge in [0.15, 0.2) is 5.78 Å². The van der Waals surface area contributed by atoms with Gasteiger partial charge in [0.25, 0.3) is 0 Å². The number of Topliss-reactive ketones (excluding diaryl/α,β-unsaturated/α-hetero) is 1. The minimum absolute atomic E-state index is 0.0433. The fourth-order valence-corrected chi connectivity index (χ4v) is 1.96. The molecule has 2 heterocycles. The Morgan fingerprint density at radius 1 is 1.59 bits per heavy atom. The minimum atomic E-state index is -0.0433. The van der Waals surface area contributed by atoms with Gasteiger partial charge in [-0.3, -0.25) is 9.78 Å². The van der Waals surface area contributed by atoms with Crippen molar-refractivity contribution < 1.29 is 9.53 Å². The number of nitrogens with one attached hydrogen (secondary N) is 1. The van der Waals surface area contributed by atoms with E-state index >= 15 is 0 Å². The van der Waals surface area contributed by atoms with Crippen LogP contribution >= 0.6 is 0 Å².